The molecule has 14 N–H and O–H groups in total. The fraction of sp³-hybridized carbons (Fsp3) is 0.429. The Morgan fingerprint density at radius 3 is 1.86 bits per heavy atom. The fourth-order valence-corrected chi connectivity index (χ4v) is 7.29. The van der Waals surface area contributed by atoms with E-state index in [1.165, 1.54) is 42.5 Å². The van der Waals surface area contributed by atoms with Crippen LogP contribution in [0.3, 0.4) is 0 Å². The Bertz CT molecular complexity index is 2420. The molecule has 0 bridgehead atoms. The van der Waals surface area contributed by atoms with E-state index in [0.29, 0.717) is 0 Å². The van der Waals surface area contributed by atoms with Crippen LogP contribution in [0.1, 0.15) is 5.56 Å². The molecule has 4 aromatic rings. The molecule has 15 atom stereocenters. The summed E-state index contributed by atoms with van der Waals surface area (Å²) in [6.45, 7) is -2.49. The highest BCUT2D eigenvalue weighted by atomic mass is 16.8. The average Bonchev–Trinajstić information content (AvgIpc) is 3.29. The molecule has 7 rings (SSSR count). The average molecular weight is 935 g/mol. The van der Waals surface area contributed by atoms with E-state index in [-0.39, 0.29) is 22.6 Å². The van der Waals surface area contributed by atoms with Gasteiger partial charge in [-0.1, -0.05) is 6.07 Å². The van der Waals surface area contributed by atoms with Crippen molar-refractivity contribution in [3.8, 4) is 45.8 Å². The molecule has 0 spiro atoms. The van der Waals surface area contributed by atoms with Crippen LogP contribution in [0.15, 0.2) is 69.9 Å². The van der Waals surface area contributed by atoms with Gasteiger partial charge in [0, 0.05) is 23.8 Å². The van der Waals surface area contributed by atoms with Gasteiger partial charge in [-0.2, -0.15) is 0 Å². The normalized spacial score (nSPS) is 32.6. The van der Waals surface area contributed by atoms with Crippen LogP contribution >= 0.6 is 0 Å². The van der Waals surface area contributed by atoms with Gasteiger partial charge in [-0.25, -0.2) is 4.79 Å². The Balaban J connectivity index is 1.25. The monoisotopic (exact) mass is 934 g/mol. The number of aromatic hydroxyl groups is 4. The molecule has 0 radical (unpaired) electrons. The maximum Gasteiger partial charge on any atom is 0.330 e. The van der Waals surface area contributed by atoms with Crippen LogP contribution in [0, 0.1) is 0 Å². The predicted molar refractivity (Wildman–Crippen MR) is 215 cm³/mol. The van der Waals surface area contributed by atoms with E-state index in [9.17, 15) is 81.1 Å². The van der Waals surface area contributed by atoms with Crippen LogP contribution in [0.25, 0.3) is 28.4 Å². The summed E-state index contributed by atoms with van der Waals surface area (Å²) in [5, 5.41) is 145. The van der Waals surface area contributed by atoms with Gasteiger partial charge in [0.25, 0.3) is 0 Å². The molecule has 66 heavy (non-hydrogen) atoms. The Labute approximate surface area is 370 Å². The van der Waals surface area contributed by atoms with Crippen molar-refractivity contribution in [2.24, 2.45) is 0 Å². The molecule has 0 amide bonds. The molecule has 4 heterocycles. The van der Waals surface area contributed by atoms with Crippen LogP contribution in [-0.4, -0.2) is 189 Å². The number of hydrogen-bond acceptors (Lipinski definition) is 24. The SMILES string of the molecule is O=C(C=Cc1ccc(O)c(O)c1)OCC1OC(Oc2c(-c3ccc(O)cc3)oc3cc(OC4OC(CO)C(O)C(O)C4O)cc(O)c3c2=O)C(OC2OC(CO)C(O)C(O)C2O)C(O)C1O. The largest absolute Gasteiger partial charge is 0.508 e. The third-order valence-corrected chi connectivity index (χ3v) is 11.0. The second-order valence-corrected chi connectivity index (χ2v) is 15.4. The summed E-state index contributed by atoms with van der Waals surface area (Å²) in [5.74, 6) is -4.56. The summed E-state index contributed by atoms with van der Waals surface area (Å²) in [6, 6.07) is 10.6. The van der Waals surface area contributed by atoms with Gasteiger partial charge in [0.15, 0.2) is 29.7 Å². The van der Waals surface area contributed by atoms with Crippen molar-refractivity contribution >= 4 is 23.0 Å². The van der Waals surface area contributed by atoms with Gasteiger partial charge in [-0.05, 0) is 48.0 Å². The Morgan fingerprint density at radius 1 is 0.621 bits per heavy atom. The van der Waals surface area contributed by atoms with E-state index in [4.69, 9.17) is 37.6 Å². The number of hydrogen-bond donors (Lipinski definition) is 14. The van der Waals surface area contributed by atoms with Crippen molar-refractivity contribution in [3.63, 3.8) is 0 Å². The number of fused-ring (bicyclic) bond motifs is 1. The molecule has 3 saturated heterocycles. The molecule has 3 fully saturated rings. The number of rotatable bonds is 13. The van der Waals surface area contributed by atoms with Gasteiger partial charge >= 0.3 is 5.97 Å². The number of phenolic OH excluding ortho intramolecular Hbond substituents is 4. The van der Waals surface area contributed by atoms with Crippen LogP contribution in [0.4, 0.5) is 0 Å². The van der Waals surface area contributed by atoms with Crippen molar-refractivity contribution in [1.29, 1.82) is 0 Å². The zero-order chi connectivity index (χ0) is 47.7. The van der Waals surface area contributed by atoms with Gasteiger partial charge in [-0.15, -0.1) is 0 Å². The molecule has 1 aromatic heterocycles. The molecule has 0 saturated carbocycles. The van der Waals surface area contributed by atoms with Crippen molar-refractivity contribution in [1.82, 2.24) is 0 Å². The maximum atomic E-state index is 14.5. The van der Waals surface area contributed by atoms with Crippen LogP contribution in [0.2, 0.25) is 0 Å². The van der Waals surface area contributed by atoms with E-state index in [0.717, 1.165) is 24.3 Å². The summed E-state index contributed by atoms with van der Waals surface area (Å²) < 4.78 is 45.6. The van der Waals surface area contributed by atoms with Crippen molar-refractivity contribution in [2.75, 3.05) is 19.8 Å². The first kappa shape index (κ1) is 48.3. The van der Waals surface area contributed by atoms with Crippen LogP contribution in [-0.2, 0) is 28.5 Å². The van der Waals surface area contributed by atoms with Crippen molar-refractivity contribution < 1.29 is 114 Å². The molecule has 3 aliphatic rings. The van der Waals surface area contributed by atoms with E-state index in [1.807, 2.05) is 0 Å². The number of carbonyl (C=O) groups is 1. The highest BCUT2D eigenvalue weighted by Crippen LogP contribution is 2.39. The second-order valence-electron chi connectivity index (χ2n) is 15.4. The standard InChI is InChI=1S/C42H46O24/c43-12-23-28(50)32(54)35(57)40(62-23)60-18-10-21(48)27-22(11-18)61-37(16-3-5-17(45)6-4-16)38(31(27)53)65-42-39(66-41-36(58)33(55)29(51)24(13-44)63-41)34(56)30(52)25(64-42)14-59-26(49)8-2-15-1-7-19(46)20(47)9-15/h1-11,23-25,28-30,32-36,39-48,50-52,54-58H,12-14H2. The quantitative estimate of drug-likeness (QED) is 0.0355. The molecule has 24 heteroatoms. The van der Waals surface area contributed by atoms with Gasteiger partial charge in [-0.3, -0.25) is 4.79 Å². The molecule has 0 aliphatic carbocycles. The summed E-state index contributed by atoms with van der Waals surface area (Å²) in [6.07, 6.45) is -25.8. The zero-order valence-electron chi connectivity index (χ0n) is 34.0. The minimum atomic E-state index is -2.14. The number of phenols is 4. The van der Waals surface area contributed by atoms with Gasteiger partial charge in [0.05, 0.1) is 13.2 Å². The number of aliphatic hydroxyl groups is 10. The Kier molecular flexibility index (Phi) is 14.7. The summed E-state index contributed by atoms with van der Waals surface area (Å²) in [4.78, 5) is 27.3. The molecular formula is C42H46O24. The van der Waals surface area contributed by atoms with E-state index >= 15 is 0 Å². The molecule has 3 aromatic carbocycles. The lowest BCUT2D eigenvalue weighted by atomic mass is 9.97. The third kappa shape index (κ3) is 9.87. The number of esters is 1. The minimum Gasteiger partial charge on any atom is -0.508 e. The lowest BCUT2D eigenvalue weighted by Crippen LogP contribution is -2.65. The topological polar surface area (TPSA) is 395 Å². The Morgan fingerprint density at radius 2 is 1.23 bits per heavy atom. The Hall–Kier alpha value is -5.68. The van der Waals surface area contributed by atoms with Crippen LogP contribution < -0.4 is 14.9 Å². The van der Waals surface area contributed by atoms with Crippen LogP contribution in [0.5, 0.6) is 34.5 Å². The highest BCUT2D eigenvalue weighted by molar-refractivity contribution is 5.88. The number of carbonyl (C=O) groups excluding carboxylic acids is 1. The first-order valence-corrected chi connectivity index (χ1v) is 20.0. The van der Waals surface area contributed by atoms with E-state index in [2.05, 4.69) is 0 Å². The van der Waals surface area contributed by atoms with E-state index < -0.39 is 163 Å². The first-order valence-electron chi connectivity index (χ1n) is 20.0. The lowest BCUT2D eigenvalue weighted by molar-refractivity contribution is -0.358. The molecule has 358 valence electrons. The van der Waals surface area contributed by atoms with Gasteiger partial charge in [0.1, 0.15) is 102 Å². The van der Waals surface area contributed by atoms with Gasteiger partial charge < -0.3 is 109 Å². The highest BCUT2D eigenvalue weighted by Gasteiger charge is 2.52. The molecular weight excluding hydrogens is 888 g/mol. The number of benzene rings is 3. The number of aliphatic hydroxyl groups excluding tert-OH is 10. The third-order valence-electron chi connectivity index (χ3n) is 11.0. The van der Waals surface area contributed by atoms with Crippen molar-refractivity contribution in [2.45, 2.75) is 92.1 Å². The predicted octanol–water partition coefficient (Wildman–Crippen LogP) is -3.27. The fourth-order valence-electron chi connectivity index (χ4n) is 7.29. The molecule has 15 unspecified atom stereocenters. The van der Waals surface area contributed by atoms with E-state index in [1.54, 1.807) is 0 Å². The minimum absolute atomic E-state index is 0.0172. The van der Waals surface area contributed by atoms with Crippen molar-refractivity contribution in [3.05, 3.63) is 76.5 Å². The first-order chi connectivity index (χ1) is 31.4. The number of ether oxygens (including phenoxy) is 7. The van der Waals surface area contributed by atoms with Gasteiger partial charge in [0.2, 0.25) is 23.8 Å². The summed E-state index contributed by atoms with van der Waals surface area (Å²) in [5.41, 5.74) is -1.27. The summed E-state index contributed by atoms with van der Waals surface area (Å²) >= 11 is 0. The lowest BCUT2D eigenvalue weighted by Gasteiger charge is -2.45. The maximum absolute atomic E-state index is 14.5. The summed E-state index contributed by atoms with van der Waals surface area (Å²) in [7, 11) is 0. The second kappa shape index (κ2) is 20.0. The molecule has 3 aliphatic heterocycles. The zero-order valence-corrected chi connectivity index (χ0v) is 34.0. The molecule has 24 nitrogen and oxygen atoms in total. The smallest absolute Gasteiger partial charge is 0.330 e.